The first-order valence-corrected chi connectivity index (χ1v) is 21.4. The molecule has 6 nitrogen and oxygen atoms in total. The molecule has 0 bridgehead atoms. The first-order chi connectivity index (χ1) is 26.0. The molecule has 0 heterocycles. The van der Waals surface area contributed by atoms with Crippen LogP contribution in [-0.4, -0.2) is 46.9 Å². The Morgan fingerprint density at radius 2 is 1.09 bits per heavy atom. The van der Waals surface area contributed by atoms with Gasteiger partial charge in [-0.25, -0.2) is 0 Å². The van der Waals surface area contributed by atoms with Crippen LogP contribution in [0.3, 0.4) is 0 Å². The molecule has 0 aromatic heterocycles. The molecule has 3 N–H and O–H groups in total. The molecule has 0 saturated heterocycles. The number of hydrogen-bond acceptors (Lipinski definition) is 5. The van der Waals surface area contributed by atoms with Crippen LogP contribution >= 0.6 is 0 Å². The van der Waals surface area contributed by atoms with E-state index in [9.17, 15) is 19.8 Å². The molecule has 0 aromatic rings. The van der Waals surface area contributed by atoms with Gasteiger partial charge in [-0.2, -0.15) is 0 Å². The van der Waals surface area contributed by atoms with Crippen molar-refractivity contribution in [1.82, 2.24) is 5.32 Å². The van der Waals surface area contributed by atoms with Crippen LogP contribution in [0.5, 0.6) is 0 Å². The second kappa shape index (κ2) is 40.2. The number of aliphatic hydroxyl groups excluding tert-OH is 2. The van der Waals surface area contributed by atoms with E-state index in [1.165, 1.54) is 51.4 Å². The Balaban J connectivity index is 4.83. The fourth-order valence-corrected chi connectivity index (χ4v) is 5.88. The molecule has 1 amide bonds. The number of amides is 1. The summed E-state index contributed by atoms with van der Waals surface area (Å²) >= 11 is 0. The number of unbranched alkanes of at least 4 members (excludes halogenated alkanes) is 15. The average Bonchev–Trinajstić information content (AvgIpc) is 3.15. The third kappa shape index (κ3) is 35.8. The lowest BCUT2D eigenvalue weighted by atomic mass is 10.0. The van der Waals surface area contributed by atoms with E-state index in [0.29, 0.717) is 19.3 Å². The van der Waals surface area contributed by atoms with Gasteiger partial charge in [-0.1, -0.05) is 189 Å². The third-order valence-corrected chi connectivity index (χ3v) is 9.10. The normalized spacial score (nSPS) is 14.3. The number of rotatable bonds is 36. The van der Waals surface area contributed by atoms with Crippen LogP contribution in [0, 0.1) is 0 Å². The molecular weight excluding hydrogens is 659 g/mol. The monoisotopic (exact) mass is 738 g/mol. The number of hydrogen-bond donors (Lipinski definition) is 3. The molecular formula is C47H79NO5. The van der Waals surface area contributed by atoms with Crippen molar-refractivity contribution in [1.29, 1.82) is 0 Å². The van der Waals surface area contributed by atoms with E-state index >= 15 is 0 Å². The maximum Gasteiger partial charge on any atom is 0.306 e. The maximum absolute atomic E-state index is 13.1. The van der Waals surface area contributed by atoms with E-state index < -0.39 is 18.2 Å². The molecule has 0 radical (unpaired) electrons. The lowest BCUT2D eigenvalue weighted by Gasteiger charge is -2.24. The van der Waals surface area contributed by atoms with Gasteiger partial charge in [0.15, 0.2) is 0 Å². The van der Waals surface area contributed by atoms with Gasteiger partial charge >= 0.3 is 5.97 Å². The zero-order chi connectivity index (χ0) is 38.9. The van der Waals surface area contributed by atoms with Crippen LogP contribution in [0.4, 0.5) is 0 Å². The lowest BCUT2D eigenvalue weighted by molar-refractivity contribution is -0.151. The number of nitrogens with one attached hydrogen (secondary N) is 1. The molecule has 0 aromatic carbocycles. The molecule has 0 aliphatic rings. The summed E-state index contributed by atoms with van der Waals surface area (Å²) < 4.78 is 5.84. The minimum absolute atomic E-state index is 0.0184. The largest absolute Gasteiger partial charge is 0.462 e. The zero-order valence-electron chi connectivity index (χ0n) is 34.1. The summed E-state index contributed by atoms with van der Waals surface area (Å²) in [7, 11) is 0. The van der Waals surface area contributed by atoms with Crippen LogP contribution in [0.1, 0.15) is 175 Å². The molecule has 3 atom stereocenters. The Morgan fingerprint density at radius 3 is 1.70 bits per heavy atom. The van der Waals surface area contributed by atoms with Crippen molar-refractivity contribution in [2.24, 2.45) is 0 Å². The standard InChI is InChI=1S/C47H79NO5/c1-4-7-10-13-16-19-21-22-23-24-25-27-29-32-35-38-43(53-47(52)40-37-34-31-28-20-17-14-11-8-5-2)41-46(51)48-44(42-49)45(50)39-36-33-30-26-18-15-12-9-6-3/h7,10-11,13-14,16,19,21-25,27,29,43-45,49-50H,4-6,8-9,12,15,17-18,20,26,28,30-42H2,1-3H3,(H,48,51)/b10-7-,14-11-,16-13+,21-19+,23-22-,25-24+,29-27+. The van der Waals surface area contributed by atoms with Crippen LogP contribution in [0.15, 0.2) is 85.1 Å². The van der Waals surface area contributed by atoms with Gasteiger partial charge in [-0.05, 0) is 57.8 Å². The molecule has 0 aliphatic heterocycles. The second-order valence-corrected chi connectivity index (χ2v) is 14.2. The van der Waals surface area contributed by atoms with E-state index in [1.54, 1.807) is 0 Å². The summed E-state index contributed by atoms with van der Waals surface area (Å²) in [5.41, 5.74) is 0. The third-order valence-electron chi connectivity index (χ3n) is 9.10. The SMILES string of the molecule is CC\C=C/C=C/C=C/C=C\C=C\C=C\CCCC(CC(=O)NC(CO)C(O)CCCCCCCCCCC)OC(=O)CCCCCCC/C=C\CCC. The summed E-state index contributed by atoms with van der Waals surface area (Å²) in [6, 6.07) is -0.728. The molecule has 0 aliphatic carbocycles. The van der Waals surface area contributed by atoms with Crippen molar-refractivity contribution in [2.45, 2.75) is 193 Å². The number of carbonyl (C=O) groups is 2. The number of ether oxygens (including phenoxy) is 1. The summed E-state index contributed by atoms with van der Waals surface area (Å²) in [4.78, 5) is 25.9. The minimum atomic E-state index is -0.810. The van der Waals surface area contributed by atoms with Crippen LogP contribution in [-0.2, 0) is 14.3 Å². The van der Waals surface area contributed by atoms with Gasteiger partial charge in [0.2, 0.25) is 5.91 Å². The highest BCUT2D eigenvalue weighted by Gasteiger charge is 2.23. The molecule has 302 valence electrons. The zero-order valence-corrected chi connectivity index (χ0v) is 34.1. The van der Waals surface area contributed by atoms with E-state index in [-0.39, 0.29) is 24.9 Å². The fraction of sp³-hybridized carbons (Fsp3) is 0.660. The van der Waals surface area contributed by atoms with E-state index in [1.807, 2.05) is 60.8 Å². The number of esters is 1. The summed E-state index contributed by atoms with van der Waals surface area (Å²) in [6.45, 7) is 6.20. The van der Waals surface area contributed by atoms with Crippen molar-refractivity contribution < 1.29 is 24.5 Å². The number of carbonyl (C=O) groups excluding carboxylic acids is 2. The van der Waals surface area contributed by atoms with Crippen molar-refractivity contribution in [3.8, 4) is 0 Å². The van der Waals surface area contributed by atoms with Crippen LogP contribution < -0.4 is 5.32 Å². The van der Waals surface area contributed by atoms with Crippen molar-refractivity contribution in [3.63, 3.8) is 0 Å². The van der Waals surface area contributed by atoms with Gasteiger partial charge in [0.25, 0.3) is 0 Å². The first kappa shape index (κ1) is 50.0. The molecule has 0 saturated carbocycles. The minimum Gasteiger partial charge on any atom is -0.462 e. The van der Waals surface area contributed by atoms with E-state index in [4.69, 9.17) is 4.74 Å². The van der Waals surface area contributed by atoms with Crippen molar-refractivity contribution in [2.75, 3.05) is 6.61 Å². The van der Waals surface area contributed by atoms with Crippen LogP contribution in [0.2, 0.25) is 0 Å². The van der Waals surface area contributed by atoms with E-state index in [0.717, 1.165) is 77.0 Å². The Bertz CT molecular complexity index is 1050. The predicted molar refractivity (Wildman–Crippen MR) is 227 cm³/mol. The van der Waals surface area contributed by atoms with Gasteiger partial charge in [-0.3, -0.25) is 9.59 Å². The molecule has 0 rings (SSSR count). The molecule has 53 heavy (non-hydrogen) atoms. The average molecular weight is 738 g/mol. The van der Waals surface area contributed by atoms with Gasteiger partial charge in [0.05, 0.1) is 25.2 Å². The summed E-state index contributed by atoms with van der Waals surface area (Å²) in [5.74, 6) is -0.574. The van der Waals surface area contributed by atoms with Gasteiger partial charge in [0, 0.05) is 6.42 Å². The molecule has 0 fully saturated rings. The Morgan fingerprint density at radius 1 is 0.566 bits per heavy atom. The molecule has 6 heteroatoms. The van der Waals surface area contributed by atoms with Crippen molar-refractivity contribution >= 4 is 11.9 Å². The highest BCUT2D eigenvalue weighted by atomic mass is 16.5. The molecule has 0 spiro atoms. The fourth-order valence-electron chi connectivity index (χ4n) is 5.88. The first-order valence-electron chi connectivity index (χ1n) is 21.4. The van der Waals surface area contributed by atoms with Gasteiger partial charge in [0.1, 0.15) is 6.10 Å². The topological polar surface area (TPSA) is 95.9 Å². The Hall–Kier alpha value is -2.96. The van der Waals surface area contributed by atoms with Crippen molar-refractivity contribution in [3.05, 3.63) is 85.1 Å². The highest BCUT2D eigenvalue weighted by Crippen LogP contribution is 2.16. The molecule has 3 unspecified atom stereocenters. The van der Waals surface area contributed by atoms with Crippen LogP contribution in [0.25, 0.3) is 0 Å². The second-order valence-electron chi connectivity index (χ2n) is 14.2. The lowest BCUT2D eigenvalue weighted by Crippen LogP contribution is -2.46. The van der Waals surface area contributed by atoms with E-state index in [2.05, 4.69) is 50.4 Å². The number of allylic oxidation sites excluding steroid dienone is 14. The van der Waals surface area contributed by atoms with Gasteiger partial charge < -0.3 is 20.3 Å². The maximum atomic E-state index is 13.1. The smallest absolute Gasteiger partial charge is 0.306 e. The summed E-state index contributed by atoms with van der Waals surface area (Å²) in [5, 5.41) is 23.5. The highest BCUT2D eigenvalue weighted by molar-refractivity contribution is 5.77. The van der Waals surface area contributed by atoms with Gasteiger partial charge in [-0.15, -0.1) is 0 Å². The number of aliphatic hydroxyl groups is 2. The Kier molecular flexibility index (Phi) is 38.0. The predicted octanol–water partition coefficient (Wildman–Crippen LogP) is 12.1. The quantitative estimate of drug-likeness (QED) is 0.0257. The summed E-state index contributed by atoms with van der Waals surface area (Å²) in [6.07, 6.45) is 50.7. The Labute approximate surface area is 325 Å².